The summed E-state index contributed by atoms with van der Waals surface area (Å²) in [6.45, 7) is 2.47. The largest absolute Gasteiger partial charge is 0.455 e. The van der Waals surface area contributed by atoms with Gasteiger partial charge in [0.15, 0.2) is 6.61 Å². The van der Waals surface area contributed by atoms with Gasteiger partial charge in [-0.05, 0) is 60.7 Å². The predicted octanol–water partition coefficient (Wildman–Crippen LogP) is 3.81. The minimum absolute atomic E-state index is 0.142. The summed E-state index contributed by atoms with van der Waals surface area (Å²) in [5.41, 5.74) is 3.87. The molecule has 0 saturated carbocycles. The van der Waals surface area contributed by atoms with Crippen molar-refractivity contribution < 1.29 is 14.3 Å². The van der Waals surface area contributed by atoms with E-state index in [4.69, 9.17) is 16.3 Å². The van der Waals surface area contributed by atoms with Crippen LogP contribution < -0.4 is 4.90 Å². The molecule has 1 aliphatic heterocycles. The number of esters is 1. The number of amides is 1. The van der Waals surface area contributed by atoms with Crippen LogP contribution in [0.2, 0.25) is 5.02 Å². The summed E-state index contributed by atoms with van der Waals surface area (Å²) in [7, 11) is 0. The SMILES string of the molecule is O=C(CSc1ccc2c(c1)CCC2)OCC(=O)N1CCN(c2cccc(Cl)c2)CC1. The molecule has 0 radical (unpaired) electrons. The second-order valence-corrected chi connectivity index (χ2v) is 9.07. The molecular formula is C23H25ClN2O3S. The van der Waals surface area contributed by atoms with Crippen LogP contribution in [-0.4, -0.2) is 55.3 Å². The number of hydrogen-bond acceptors (Lipinski definition) is 5. The third-order valence-corrected chi connectivity index (χ3v) is 6.79. The van der Waals surface area contributed by atoms with E-state index in [9.17, 15) is 9.59 Å². The molecule has 0 atom stereocenters. The second-order valence-electron chi connectivity index (χ2n) is 7.58. The first-order valence-electron chi connectivity index (χ1n) is 10.3. The Labute approximate surface area is 186 Å². The van der Waals surface area contributed by atoms with Crippen molar-refractivity contribution in [3.05, 3.63) is 58.6 Å². The molecule has 2 aliphatic rings. The van der Waals surface area contributed by atoms with Crippen LogP contribution in [0.25, 0.3) is 0 Å². The number of ether oxygens (including phenoxy) is 1. The Morgan fingerprint density at radius 2 is 1.80 bits per heavy atom. The average Bonchev–Trinajstić information content (AvgIpc) is 3.24. The molecule has 0 bridgehead atoms. The lowest BCUT2D eigenvalue weighted by Crippen LogP contribution is -2.50. The number of fused-ring (bicyclic) bond motifs is 1. The minimum Gasteiger partial charge on any atom is -0.455 e. The van der Waals surface area contributed by atoms with E-state index >= 15 is 0 Å². The molecule has 7 heteroatoms. The highest BCUT2D eigenvalue weighted by atomic mass is 35.5. The number of nitrogens with zero attached hydrogens (tertiary/aromatic N) is 2. The number of piperazine rings is 1. The monoisotopic (exact) mass is 444 g/mol. The Bertz CT molecular complexity index is 928. The van der Waals surface area contributed by atoms with Gasteiger partial charge in [0, 0.05) is 41.8 Å². The van der Waals surface area contributed by atoms with Gasteiger partial charge in [-0.2, -0.15) is 0 Å². The van der Waals surface area contributed by atoms with Gasteiger partial charge < -0.3 is 14.5 Å². The molecule has 1 fully saturated rings. The Morgan fingerprint density at radius 3 is 2.60 bits per heavy atom. The molecule has 2 aromatic carbocycles. The van der Waals surface area contributed by atoms with Crippen molar-refractivity contribution in [3.8, 4) is 0 Å². The summed E-state index contributed by atoms with van der Waals surface area (Å²) >= 11 is 7.53. The molecule has 5 nitrogen and oxygen atoms in total. The van der Waals surface area contributed by atoms with Crippen molar-refractivity contribution in [2.75, 3.05) is 43.4 Å². The molecule has 1 aliphatic carbocycles. The molecule has 158 valence electrons. The van der Waals surface area contributed by atoms with Crippen LogP contribution in [0.4, 0.5) is 5.69 Å². The number of thioether (sulfide) groups is 1. The van der Waals surface area contributed by atoms with E-state index in [1.54, 1.807) is 4.90 Å². The maximum Gasteiger partial charge on any atom is 0.316 e. The fourth-order valence-corrected chi connectivity index (χ4v) is 4.88. The van der Waals surface area contributed by atoms with E-state index in [1.807, 2.05) is 24.3 Å². The molecule has 0 unspecified atom stereocenters. The maximum absolute atomic E-state index is 12.4. The normalized spacial score (nSPS) is 15.8. The fourth-order valence-electron chi connectivity index (χ4n) is 3.94. The molecule has 0 N–H and O–H groups in total. The van der Waals surface area contributed by atoms with Gasteiger partial charge in [-0.1, -0.05) is 23.7 Å². The van der Waals surface area contributed by atoms with Gasteiger partial charge in [-0.25, -0.2) is 0 Å². The molecule has 0 spiro atoms. The summed E-state index contributed by atoms with van der Waals surface area (Å²) in [4.78, 5) is 29.5. The highest BCUT2D eigenvalue weighted by molar-refractivity contribution is 8.00. The van der Waals surface area contributed by atoms with Gasteiger partial charge >= 0.3 is 5.97 Å². The van der Waals surface area contributed by atoms with Crippen molar-refractivity contribution >= 4 is 40.9 Å². The average molecular weight is 445 g/mol. The molecule has 0 aromatic heterocycles. The minimum atomic E-state index is -0.355. The molecule has 4 rings (SSSR count). The molecule has 1 saturated heterocycles. The van der Waals surface area contributed by atoms with Gasteiger partial charge in [-0.15, -0.1) is 11.8 Å². The molecule has 30 heavy (non-hydrogen) atoms. The lowest BCUT2D eigenvalue weighted by molar-refractivity contribution is -0.150. The summed E-state index contributed by atoms with van der Waals surface area (Å²) < 4.78 is 5.22. The van der Waals surface area contributed by atoms with Gasteiger partial charge in [0.1, 0.15) is 0 Å². The molecule has 2 aromatic rings. The van der Waals surface area contributed by atoms with E-state index in [1.165, 1.54) is 29.3 Å². The van der Waals surface area contributed by atoms with E-state index in [0.717, 1.165) is 36.5 Å². The number of carbonyl (C=O) groups excluding carboxylic acids is 2. The zero-order chi connectivity index (χ0) is 20.9. The zero-order valence-electron chi connectivity index (χ0n) is 16.8. The number of carbonyl (C=O) groups is 2. The third kappa shape index (κ3) is 5.29. The van der Waals surface area contributed by atoms with Crippen LogP contribution in [0, 0.1) is 0 Å². The Morgan fingerprint density at radius 1 is 1.00 bits per heavy atom. The number of aryl methyl sites for hydroxylation is 2. The van der Waals surface area contributed by atoms with Gasteiger partial charge in [-0.3, -0.25) is 9.59 Å². The number of halogens is 1. The van der Waals surface area contributed by atoms with Gasteiger partial charge in [0.2, 0.25) is 0 Å². The Kier molecular flexibility index (Phi) is 6.85. The third-order valence-electron chi connectivity index (χ3n) is 5.59. The van der Waals surface area contributed by atoms with Crippen LogP contribution in [0.15, 0.2) is 47.4 Å². The number of benzene rings is 2. The standard InChI is InChI=1S/C23H25ClN2O3S/c24-19-5-2-6-20(14-19)25-9-11-26(12-10-25)22(27)15-29-23(28)16-30-21-8-7-17-3-1-4-18(17)13-21/h2,5-8,13-14H,1,3-4,9-12,15-16H2. The predicted molar refractivity (Wildman–Crippen MR) is 120 cm³/mol. The van der Waals surface area contributed by atoms with Gasteiger partial charge in [0.25, 0.3) is 5.91 Å². The fraction of sp³-hybridized carbons (Fsp3) is 0.391. The topological polar surface area (TPSA) is 49.9 Å². The van der Waals surface area contributed by atoms with Crippen LogP contribution >= 0.6 is 23.4 Å². The number of anilines is 1. The zero-order valence-corrected chi connectivity index (χ0v) is 18.4. The van der Waals surface area contributed by atoms with Crippen molar-refractivity contribution in [2.45, 2.75) is 24.2 Å². The molecule has 1 amide bonds. The molecular weight excluding hydrogens is 420 g/mol. The summed E-state index contributed by atoms with van der Waals surface area (Å²) in [5, 5.41) is 0.704. The van der Waals surface area contributed by atoms with E-state index < -0.39 is 0 Å². The maximum atomic E-state index is 12.4. The van der Waals surface area contributed by atoms with E-state index in [-0.39, 0.29) is 24.2 Å². The molecule has 1 heterocycles. The first-order chi connectivity index (χ1) is 14.6. The first-order valence-corrected chi connectivity index (χ1v) is 11.6. The summed E-state index contributed by atoms with van der Waals surface area (Å²) in [5.74, 6) is -0.280. The Hall–Kier alpha value is -2.18. The summed E-state index contributed by atoms with van der Waals surface area (Å²) in [6, 6.07) is 14.1. The summed E-state index contributed by atoms with van der Waals surface area (Å²) in [6.07, 6.45) is 3.48. The van der Waals surface area contributed by atoms with Crippen molar-refractivity contribution in [1.82, 2.24) is 4.90 Å². The number of rotatable bonds is 6. The van der Waals surface area contributed by atoms with Gasteiger partial charge in [0.05, 0.1) is 5.75 Å². The van der Waals surface area contributed by atoms with Crippen LogP contribution in [0.1, 0.15) is 17.5 Å². The highest BCUT2D eigenvalue weighted by Crippen LogP contribution is 2.27. The lowest BCUT2D eigenvalue weighted by atomic mass is 10.1. The van der Waals surface area contributed by atoms with Crippen molar-refractivity contribution in [1.29, 1.82) is 0 Å². The first kappa shape index (κ1) is 21.1. The highest BCUT2D eigenvalue weighted by Gasteiger charge is 2.22. The lowest BCUT2D eigenvalue weighted by Gasteiger charge is -2.36. The second kappa shape index (κ2) is 9.75. The van der Waals surface area contributed by atoms with Crippen LogP contribution in [-0.2, 0) is 27.2 Å². The van der Waals surface area contributed by atoms with Crippen molar-refractivity contribution in [3.63, 3.8) is 0 Å². The smallest absolute Gasteiger partial charge is 0.316 e. The van der Waals surface area contributed by atoms with Crippen LogP contribution in [0.3, 0.4) is 0 Å². The van der Waals surface area contributed by atoms with E-state index in [2.05, 4.69) is 23.1 Å². The number of hydrogen-bond donors (Lipinski definition) is 0. The van der Waals surface area contributed by atoms with Crippen molar-refractivity contribution in [2.24, 2.45) is 0 Å². The van der Waals surface area contributed by atoms with Crippen LogP contribution in [0.5, 0.6) is 0 Å². The van der Waals surface area contributed by atoms with E-state index in [0.29, 0.717) is 18.1 Å². The Balaban J connectivity index is 1.18. The quantitative estimate of drug-likeness (QED) is 0.501.